The van der Waals surface area contributed by atoms with Crippen LogP contribution in [0.4, 0.5) is 5.69 Å². The van der Waals surface area contributed by atoms with E-state index in [9.17, 15) is 4.79 Å². The average molecular weight is 308 g/mol. The minimum Gasteiger partial charge on any atom is -0.497 e. The van der Waals surface area contributed by atoms with Gasteiger partial charge in [-0.05, 0) is 43.3 Å². The van der Waals surface area contributed by atoms with E-state index >= 15 is 0 Å². The second kappa shape index (κ2) is 6.36. The Morgan fingerprint density at radius 2 is 1.87 bits per heavy atom. The predicted octanol–water partition coefficient (Wildman–Crippen LogP) is 3.64. The highest BCUT2D eigenvalue weighted by Crippen LogP contribution is 2.16. The number of nitrogens with one attached hydrogen (secondary N) is 1. The Kier molecular flexibility index (Phi) is 4.10. The van der Waals surface area contributed by atoms with Crippen LogP contribution in [0.5, 0.6) is 5.75 Å². The zero-order valence-electron chi connectivity index (χ0n) is 12.9. The zero-order chi connectivity index (χ0) is 16.2. The number of benzene rings is 2. The molecule has 0 saturated heterocycles. The van der Waals surface area contributed by atoms with Crippen LogP contribution in [-0.2, 0) is 0 Å². The summed E-state index contributed by atoms with van der Waals surface area (Å²) < 4.78 is 10.4. The fraction of sp³-hybridized carbons (Fsp3) is 0.111. The molecule has 0 aliphatic carbocycles. The molecule has 1 aromatic heterocycles. The van der Waals surface area contributed by atoms with Crippen LogP contribution in [-0.4, -0.2) is 12.8 Å². The largest absolute Gasteiger partial charge is 0.497 e. The third kappa shape index (κ3) is 3.23. The van der Waals surface area contributed by atoms with Crippen molar-refractivity contribution >= 4 is 22.4 Å². The molecule has 23 heavy (non-hydrogen) atoms. The van der Waals surface area contributed by atoms with Gasteiger partial charge < -0.3 is 9.15 Å². The number of ether oxygens (including phenoxy) is 1. The van der Waals surface area contributed by atoms with Crippen LogP contribution in [0, 0.1) is 0 Å². The summed E-state index contributed by atoms with van der Waals surface area (Å²) in [7, 11) is 1.61. The van der Waals surface area contributed by atoms with Crippen molar-refractivity contribution in [2.45, 2.75) is 6.92 Å². The van der Waals surface area contributed by atoms with E-state index in [2.05, 4.69) is 10.5 Å². The SMILES string of the molecule is COc1ccc(N/N=C(\C)c2cc3ccccc3oc2=O)cc1. The van der Waals surface area contributed by atoms with Gasteiger partial charge in [-0.1, -0.05) is 18.2 Å². The molecule has 0 aliphatic heterocycles. The van der Waals surface area contributed by atoms with E-state index in [1.165, 1.54) is 0 Å². The molecular weight excluding hydrogens is 292 g/mol. The van der Waals surface area contributed by atoms with Crippen molar-refractivity contribution in [3.05, 3.63) is 70.6 Å². The maximum atomic E-state index is 12.1. The molecule has 2 aromatic carbocycles. The van der Waals surface area contributed by atoms with Crippen molar-refractivity contribution in [3.63, 3.8) is 0 Å². The molecule has 0 fully saturated rings. The van der Waals surface area contributed by atoms with Gasteiger partial charge in [0.2, 0.25) is 0 Å². The number of nitrogens with zero attached hydrogens (tertiary/aromatic N) is 1. The van der Waals surface area contributed by atoms with Crippen LogP contribution in [0.15, 0.2) is 68.9 Å². The van der Waals surface area contributed by atoms with Crippen LogP contribution < -0.4 is 15.8 Å². The van der Waals surface area contributed by atoms with Gasteiger partial charge in [-0.3, -0.25) is 5.43 Å². The third-order valence-corrected chi connectivity index (χ3v) is 3.47. The summed E-state index contributed by atoms with van der Waals surface area (Å²) in [5.41, 5.74) is 4.88. The van der Waals surface area contributed by atoms with Gasteiger partial charge in [0, 0.05) is 5.39 Å². The summed E-state index contributed by atoms with van der Waals surface area (Å²) in [6.07, 6.45) is 0. The van der Waals surface area contributed by atoms with Gasteiger partial charge in [0.25, 0.3) is 0 Å². The number of anilines is 1. The standard InChI is InChI=1S/C18H16N2O3/c1-12(19-20-14-7-9-15(22-2)10-8-14)16-11-13-5-3-4-6-17(13)23-18(16)21/h3-11,20H,1-2H3/b19-12+. The van der Waals surface area contributed by atoms with E-state index < -0.39 is 5.63 Å². The first-order chi connectivity index (χ1) is 11.2. The van der Waals surface area contributed by atoms with Crippen molar-refractivity contribution in [3.8, 4) is 5.75 Å². The van der Waals surface area contributed by atoms with Gasteiger partial charge in [0.05, 0.1) is 24.1 Å². The number of hydrogen-bond acceptors (Lipinski definition) is 5. The van der Waals surface area contributed by atoms with Crippen LogP contribution >= 0.6 is 0 Å². The molecule has 0 atom stereocenters. The second-order valence-corrected chi connectivity index (χ2v) is 5.02. The molecule has 0 saturated carbocycles. The molecule has 1 heterocycles. The molecule has 1 N–H and O–H groups in total. The zero-order valence-corrected chi connectivity index (χ0v) is 12.9. The van der Waals surface area contributed by atoms with Crippen molar-refractivity contribution in [1.29, 1.82) is 0 Å². The number of rotatable bonds is 4. The van der Waals surface area contributed by atoms with Gasteiger partial charge >= 0.3 is 5.63 Å². The Labute approximate surface area is 133 Å². The number of methoxy groups -OCH3 is 1. The summed E-state index contributed by atoms with van der Waals surface area (Å²) in [5.74, 6) is 0.770. The first kappa shape index (κ1) is 14.8. The molecular formula is C18H16N2O3. The first-order valence-electron chi connectivity index (χ1n) is 7.15. The second-order valence-electron chi connectivity index (χ2n) is 5.02. The highest BCUT2D eigenvalue weighted by Gasteiger charge is 2.08. The monoisotopic (exact) mass is 308 g/mol. The molecule has 0 amide bonds. The van der Waals surface area contributed by atoms with E-state index in [0.29, 0.717) is 16.9 Å². The van der Waals surface area contributed by atoms with Gasteiger partial charge in [-0.15, -0.1) is 0 Å². The Morgan fingerprint density at radius 3 is 2.61 bits per heavy atom. The van der Waals surface area contributed by atoms with E-state index in [1.807, 2.05) is 42.5 Å². The van der Waals surface area contributed by atoms with E-state index in [-0.39, 0.29) is 0 Å². The third-order valence-electron chi connectivity index (χ3n) is 3.47. The van der Waals surface area contributed by atoms with Crippen LogP contribution in [0.3, 0.4) is 0 Å². The summed E-state index contributed by atoms with van der Waals surface area (Å²) >= 11 is 0. The first-order valence-corrected chi connectivity index (χ1v) is 7.15. The maximum Gasteiger partial charge on any atom is 0.345 e. The van der Waals surface area contributed by atoms with Gasteiger partial charge in [0.1, 0.15) is 11.3 Å². The van der Waals surface area contributed by atoms with Crippen molar-refractivity contribution in [2.75, 3.05) is 12.5 Å². The molecule has 3 aromatic rings. The lowest BCUT2D eigenvalue weighted by atomic mass is 10.1. The summed E-state index contributed by atoms with van der Waals surface area (Å²) in [6.45, 7) is 1.76. The number of hydrazone groups is 1. The lowest BCUT2D eigenvalue weighted by Gasteiger charge is -2.05. The molecule has 5 nitrogen and oxygen atoms in total. The Balaban J connectivity index is 1.88. The fourth-order valence-electron chi connectivity index (χ4n) is 2.19. The lowest BCUT2D eigenvalue weighted by Crippen LogP contribution is -2.13. The Hall–Kier alpha value is -3.08. The molecule has 116 valence electrons. The number of hydrogen-bond donors (Lipinski definition) is 1. The van der Waals surface area contributed by atoms with Crippen LogP contribution in [0.2, 0.25) is 0 Å². The van der Waals surface area contributed by atoms with Gasteiger partial charge in [-0.2, -0.15) is 5.10 Å². The minimum absolute atomic E-state index is 0.401. The molecule has 0 aliphatic rings. The van der Waals surface area contributed by atoms with Crippen LogP contribution in [0.1, 0.15) is 12.5 Å². The molecule has 0 radical (unpaired) electrons. The molecule has 0 unspecified atom stereocenters. The normalized spacial score (nSPS) is 11.5. The average Bonchev–Trinajstić information content (AvgIpc) is 2.59. The van der Waals surface area contributed by atoms with E-state index in [1.54, 1.807) is 26.2 Å². The Morgan fingerprint density at radius 1 is 1.13 bits per heavy atom. The quantitative estimate of drug-likeness (QED) is 0.454. The number of para-hydroxylation sites is 1. The minimum atomic E-state index is -0.401. The molecule has 0 bridgehead atoms. The fourth-order valence-corrected chi connectivity index (χ4v) is 2.19. The van der Waals surface area contributed by atoms with Crippen molar-refractivity contribution in [1.82, 2.24) is 0 Å². The van der Waals surface area contributed by atoms with Crippen molar-refractivity contribution in [2.24, 2.45) is 5.10 Å². The van der Waals surface area contributed by atoms with Gasteiger partial charge in [0.15, 0.2) is 0 Å². The summed E-state index contributed by atoms with van der Waals surface area (Å²) in [4.78, 5) is 12.1. The Bertz CT molecular complexity index is 911. The summed E-state index contributed by atoms with van der Waals surface area (Å²) in [6, 6.07) is 16.5. The van der Waals surface area contributed by atoms with E-state index in [0.717, 1.165) is 16.8 Å². The van der Waals surface area contributed by atoms with Crippen molar-refractivity contribution < 1.29 is 9.15 Å². The number of fused-ring (bicyclic) bond motifs is 1. The smallest absolute Gasteiger partial charge is 0.345 e. The van der Waals surface area contributed by atoms with Gasteiger partial charge in [-0.25, -0.2) is 4.79 Å². The van der Waals surface area contributed by atoms with Crippen LogP contribution in [0.25, 0.3) is 11.0 Å². The molecule has 0 spiro atoms. The highest BCUT2D eigenvalue weighted by atomic mass is 16.5. The van der Waals surface area contributed by atoms with E-state index in [4.69, 9.17) is 9.15 Å². The molecule has 3 rings (SSSR count). The lowest BCUT2D eigenvalue weighted by molar-refractivity contribution is 0.415. The maximum absolute atomic E-state index is 12.1. The predicted molar refractivity (Wildman–Crippen MR) is 91.3 cm³/mol. The summed E-state index contributed by atoms with van der Waals surface area (Å²) in [5, 5.41) is 5.12. The highest BCUT2D eigenvalue weighted by molar-refractivity contribution is 6.00. The topological polar surface area (TPSA) is 63.8 Å². The molecule has 5 heteroatoms.